The van der Waals surface area contributed by atoms with Crippen molar-refractivity contribution in [2.75, 3.05) is 7.11 Å². The average molecular weight is 486 g/mol. The lowest BCUT2D eigenvalue weighted by molar-refractivity contribution is 0.296. The van der Waals surface area contributed by atoms with Crippen LogP contribution in [0.5, 0.6) is 17.4 Å². The Balaban J connectivity index is 1.62. The van der Waals surface area contributed by atoms with Crippen molar-refractivity contribution in [3.63, 3.8) is 0 Å². The molecule has 5 rings (SSSR count). The summed E-state index contributed by atoms with van der Waals surface area (Å²) in [6, 6.07) is 20.0. The highest BCUT2D eigenvalue weighted by atomic mass is 19.1. The van der Waals surface area contributed by atoms with Gasteiger partial charge in [-0.05, 0) is 42.0 Å². The van der Waals surface area contributed by atoms with Crippen LogP contribution in [0, 0.1) is 23.0 Å². The van der Waals surface area contributed by atoms with Crippen molar-refractivity contribution >= 4 is 0 Å². The van der Waals surface area contributed by atoms with Gasteiger partial charge in [-0.15, -0.1) is 5.10 Å². The number of aromatic amines is 1. The van der Waals surface area contributed by atoms with Crippen LogP contribution in [0.1, 0.15) is 22.6 Å². The van der Waals surface area contributed by atoms with E-state index in [1.165, 1.54) is 6.07 Å². The number of nitrogens with one attached hydrogen (secondary N) is 1. The lowest BCUT2D eigenvalue weighted by Gasteiger charge is -2.25. The highest BCUT2D eigenvalue weighted by Gasteiger charge is 2.36. The third-order valence-corrected chi connectivity index (χ3v) is 5.91. The molecule has 1 aliphatic rings. The Morgan fingerprint density at radius 2 is 1.92 bits per heavy atom. The molecule has 0 bridgehead atoms. The van der Waals surface area contributed by atoms with Gasteiger partial charge in [0, 0.05) is 17.2 Å². The second-order valence-corrected chi connectivity index (χ2v) is 8.04. The number of nitrogens with two attached hydrogens (primary N) is 1. The molecule has 0 spiro atoms. The number of allylic oxidation sites excluding steroid dienone is 1. The minimum absolute atomic E-state index is 0.0812. The maximum absolute atomic E-state index is 14.7. The van der Waals surface area contributed by atoms with Crippen LogP contribution in [-0.4, -0.2) is 17.3 Å². The minimum atomic E-state index is -0.784. The number of nitrogens with zero attached hydrogens (tertiary/aromatic N) is 2. The van der Waals surface area contributed by atoms with Gasteiger partial charge in [0.1, 0.15) is 41.4 Å². The van der Waals surface area contributed by atoms with E-state index in [1.807, 2.05) is 36.4 Å². The van der Waals surface area contributed by atoms with E-state index in [0.29, 0.717) is 22.6 Å². The summed E-state index contributed by atoms with van der Waals surface area (Å²) in [5.41, 5.74) is 8.33. The number of para-hydroxylation sites is 1. The van der Waals surface area contributed by atoms with Gasteiger partial charge in [0.05, 0.1) is 24.3 Å². The van der Waals surface area contributed by atoms with E-state index < -0.39 is 17.6 Å². The summed E-state index contributed by atoms with van der Waals surface area (Å²) in [5.74, 6) is -0.958. The molecule has 180 valence electrons. The molecule has 1 aliphatic heterocycles. The molecule has 3 aromatic carbocycles. The Bertz CT molecular complexity index is 1510. The Kier molecular flexibility index (Phi) is 6.00. The number of hydrogen-bond donors (Lipinski definition) is 2. The van der Waals surface area contributed by atoms with Gasteiger partial charge in [-0.25, -0.2) is 8.78 Å². The first-order valence-electron chi connectivity index (χ1n) is 11.0. The number of benzene rings is 3. The van der Waals surface area contributed by atoms with Crippen LogP contribution in [0.4, 0.5) is 8.78 Å². The summed E-state index contributed by atoms with van der Waals surface area (Å²) >= 11 is 0. The quantitative estimate of drug-likeness (QED) is 0.390. The highest BCUT2D eigenvalue weighted by molar-refractivity contribution is 5.71. The molecule has 9 heteroatoms. The number of nitriles is 1. The van der Waals surface area contributed by atoms with Crippen LogP contribution >= 0.6 is 0 Å². The summed E-state index contributed by atoms with van der Waals surface area (Å²) < 4.78 is 45.3. The van der Waals surface area contributed by atoms with Gasteiger partial charge in [0.25, 0.3) is 0 Å². The molecule has 1 unspecified atom stereocenters. The predicted octanol–water partition coefficient (Wildman–Crippen LogP) is 5.16. The Hall–Kier alpha value is -4.84. The van der Waals surface area contributed by atoms with Crippen LogP contribution < -0.4 is 19.9 Å². The van der Waals surface area contributed by atoms with E-state index in [0.717, 1.165) is 17.7 Å². The largest absolute Gasteiger partial charge is 0.496 e. The molecule has 3 N–H and O–H groups in total. The number of hydrogen-bond acceptors (Lipinski definition) is 6. The Morgan fingerprint density at radius 1 is 1.11 bits per heavy atom. The van der Waals surface area contributed by atoms with Crippen molar-refractivity contribution in [1.29, 1.82) is 5.26 Å². The molecule has 2 heterocycles. The first-order chi connectivity index (χ1) is 17.5. The summed E-state index contributed by atoms with van der Waals surface area (Å²) in [4.78, 5) is 0. The molecule has 0 saturated carbocycles. The number of halogens is 2. The maximum Gasteiger partial charge on any atom is 0.244 e. The predicted molar refractivity (Wildman–Crippen MR) is 127 cm³/mol. The number of rotatable bonds is 6. The standard InChI is InChI=1S/C27H20F2N4O3/c1-34-22-10-7-15(11-16(22)14-35-18-5-3-2-4-6-18)23-20(13-30)26(31)36-27-24(23)25(32-33-27)19-9-8-17(28)12-21(19)29/h2-12,23H,14,31H2,1H3,(H,32,33). The summed E-state index contributed by atoms with van der Waals surface area (Å²) in [6.07, 6.45) is 0. The molecular formula is C27H20F2N4O3. The Morgan fingerprint density at radius 3 is 2.64 bits per heavy atom. The second-order valence-electron chi connectivity index (χ2n) is 8.04. The van der Waals surface area contributed by atoms with Crippen molar-refractivity contribution in [3.8, 4) is 34.7 Å². The van der Waals surface area contributed by atoms with E-state index in [4.69, 9.17) is 19.9 Å². The maximum atomic E-state index is 14.7. The lowest BCUT2D eigenvalue weighted by Crippen LogP contribution is -2.21. The molecule has 4 aromatic rings. The van der Waals surface area contributed by atoms with Gasteiger partial charge in [-0.2, -0.15) is 5.26 Å². The van der Waals surface area contributed by atoms with E-state index in [1.54, 1.807) is 19.2 Å². The Labute approximate surface area is 205 Å². The molecule has 1 aromatic heterocycles. The highest BCUT2D eigenvalue weighted by Crippen LogP contribution is 2.46. The van der Waals surface area contributed by atoms with E-state index in [9.17, 15) is 14.0 Å². The van der Waals surface area contributed by atoms with Gasteiger partial charge in [-0.1, -0.05) is 24.3 Å². The fourth-order valence-corrected chi connectivity index (χ4v) is 4.24. The van der Waals surface area contributed by atoms with Crippen molar-refractivity contribution in [2.24, 2.45) is 5.73 Å². The fourth-order valence-electron chi connectivity index (χ4n) is 4.24. The number of methoxy groups -OCH3 is 1. The molecule has 0 fully saturated rings. The molecule has 7 nitrogen and oxygen atoms in total. The monoisotopic (exact) mass is 486 g/mol. The van der Waals surface area contributed by atoms with Crippen LogP contribution in [0.3, 0.4) is 0 Å². The first kappa shape index (κ1) is 22.9. The number of ether oxygens (including phenoxy) is 3. The molecule has 0 amide bonds. The van der Waals surface area contributed by atoms with Gasteiger partial charge in [-0.3, -0.25) is 5.10 Å². The lowest BCUT2D eigenvalue weighted by atomic mass is 9.82. The molecule has 36 heavy (non-hydrogen) atoms. The van der Waals surface area contributed by atoms with Gasteiger partial charge >= 0.3 is 0 Å². The van der Waals surface area contributed by atoms with Crippen molar-refractivity contribution in [1.82, 2.24) is 10.2 Å². The van der Waals surface area contributed by atoms with Crippen molar-refractivity contribution in [3.05, 3.63) is 107 Å². The summed E-state index contributed by atoms with van der Waals surface area (Å²) in [5, 5.41) is 16.9. The third-order valence-electron chi connectivity index (χ3n) is 5.91. The zero-order valence-electron chi connectivity index (χ0n) is 19.1. The molecule has 1 atom stereocenters. The summed E-state index contributed by atoms with van der Waals surface area (Å²) in [6.45, 7) is 0.197. The first-order valence-corrected chi connectivity index (χ1v) is 11.0. The zero-order chi connectivity index (χ0) is 25.2. The number of fused-ring (bicyclic) bond motifs is 1. The molecule has 0 aliphatic carbocycles. The SMILES string of the molecule is COc1ccc(C2C(C#N)=C(N)Oc3n[nH]c(-c4ccc(F)cc4F)c32)cc1COc1ccccc1. The van der Waals surface area contributed by atoms with E-state index in [-0.39, 0.29) is 35.2 Å². The fraction of sp³-hybridized carbons (Fsp3) is 0.111. The van der Waals surface area contributed by atoms with Crippen LogP contribution in [0.25, 0.3) is 11.3 Å². The summed E-state index contributed by atoms with van der Waals surface area (Å²) in [7, 11) is 1.55. The molecule has 0 saturated heterocycles. The minimum Gasteiger partial charge on any atom is -0.496 e. The third kappa shape index (κ3) is 4.09. The van der Waals surface area contributed by atoms with Gasteiger partial charge < -0.3 is 19.9 Å². The molecule has 0 radical (unpaired) electrons. The van der Waals surface area contributed by atoms with Crippen molar-refractivity contribution < 1.29 is 23.0 Å². The average Bonchev–Trinajstić information content (AvgIpc) is 3.30. The van der Waals surface area contributed by atoms with Crippen LogP contribution in [-0.2, 0) is 6.61 Å². The topological polar surface area (TPSA) is 106 Å². The van der Waals surface area contributed by atoms with Crippen LogP contribution in [0.2, 0.25) is 0 Å². The van der Waals surface area contributed by atoms with Crippen LogP contribution in [0.15, 0.2) is 78.2 Å². The second kappa shape index (κ2) is 9.43. The number of aromatic nitrogens is 2. The molecular weight excluding hydrogens is 466 g/mol. The zero-order valence-corrected chi connectivity index (χ0v) is 19.1. The smallest absolute Gasteiger partial charge is 0.244 e. The van der Waals surface area contributed by atoms with E-state index >= 15 is 0 Å². The van der Waals surface area contributed by atoms with Gasteiger partial charge in [0.15, 0.2) is 0 Å². The normalized spacial score (nSPS) is 14.6. The number of H-pyrrole nitrogens is 1. The van der Waals surface area contributed by atoms with E-state index in [2.05, 4.69) is 16.3 Å². The van der Waals surface area contributed by atoms with Crippen molar-refractivity contribution in [2.45, 2.75) is 12.5 Å². The van der Waals surface area contributed by atoms with Gasteiger partial charge in [0.2, 0.25) is 11.8 Å².